The number of amides is 1. The molecule has 2 N–H and O–H groups in total. The van der Waals surface area contributed by atoms with Crippen molar-refractivity contribution < 1.29 is 19.4 Å². The maximum Gasteiger partial charge on any atom is 0.308 e. The third-order valence-corrected chi connectivity index (χ3v) is 2.67. The van der Waals surface area contributed by atoms with E-state index in [4.69, 9.17) is 9.84 Å². The van der Waals surface area contributed by atoms with E-state index in [2.05, 4.69) is 5.32 Å². The van der Waals surface area contributed by atoms with Gasteiger partial charge in [-0.15, -0.1) is 0 Å². The van der Waals surface area contributed by atoms with Gasteiger partial charge in [-0.1, -0.05) is 6.92 Å². The summed E-state index contributed by atoms with van der Waals surface area (Å²) in [4.78, 5) is 22.2. The van der Waals surface area contributed by atoms with Crippen molar-refractivity contribution in [2.24, 2.45) is 11.8 Å². The molecule has 1 aliphatic heterocycles. The summed E-state index contributed by atoms with van der Waals surface area (Å²) in [6.07, 6.45) is 1.26. The molecule has 1 saturated heterocycles. The molecule has 0 aromatic heterocycles. The van der Waals surface area contributed by atoms with Gasteiger partial charge in [0.15, 0.2) is 0 Å². The second kappa shape index (κ2) is 5.70. The Morgan fingerprint density at radius 3 is 2.80 bits per heavy atom. The van der Waals surface area contributed by atoms with E-state index in [9.17, 15) is 9.59 Å². The lowest BCUT2D eigenvalue weighted by molar-refractivity contribution is -0.141. The van der Waals surface area contributed by atoms with Crippen LogP contribution in [0.4, 0.5) is 0 Å². The summed E-state index contributed by atoms with van der Waals surface area (Å²) in [6.45, 7) is 3.08. The van der Waals surface area contributed by atoms with Crippen LogP contribution in [0.3, 0.4) is 0 Å². The van der Waals surface area contributed by atoms with Crippen LogP contribution in [-0.2, 0) is 14.3 Å². The number of hydrogen-bond acceptors (Lipinski definition) is 3. The van der Waals surface area contributed by atoms with Gasteiger partial charge in [0.25, 0.3) is 0 Å². The third-order valence-electron chi connectivity index (χ3n) is 2.67. The minimum atomic E-state index is -0.861. The van der Waals surface area contributed by atoms with Crippen molar-refractivity contribution in [1.82, 2.24) is 5.32 Å². The fourth-order valence-corrected chi connectivity index (χ4v) is 1.52. The first kappa shape index (κ1) is 12.0. The highest BCUT2D eigenvalue weighted by atomic mass is 16.5. The lowest BCUT2D eigenvalue weighted by atomic mass is 10.1. The van der Waals surface area contributed by atoms with Gasteiger partial charge in [0.2, 0.25) is 5.91 Å². The molecule has 2 atom stereocenters. The molecule has 0 aromatic rings. The summed E-state index contributed by atoms with van der Waals surface area (Å²) in [7, 11) is 0. The molecular formula is C10H17NO4. The number of hydrogen-bond donors (Lipinski definition) is 2. The minimum absolute atomic E-state index is 0.0906. The molecule has 0 aromatic carbocycles. The van der Waals surface area contributed by atoms with Gasteiger partial charge in [0, 0.05) is 13.2 Å². The van der Waals surface area contributed by atoms with E-state index < -0.39 is 11.9 Å². The Hall–Kier alpha value is -1.10. The van der Waals surface area contributed by atoms with Gasteiger partial charge in [-0.3, -0.25) is 9.59 Å². The number of nitrogens with one attached hydrogen (secondary N) is 1. The summed E-state index contributed by atoms with van der Waals surface area (Å²) in [5.41, 5.74) is 0. The summed E-state index contributed by atoms with van der Waals surface area (Å²) in [6, 6.07) is 0. The molecular weight excluding hydrogens is 198 g/mol. The zero-order valence-electron chi connectivity index (χ0n) is 8.86. The predicted octanol–water partition coefficient (Wildman–Crippen LogP) is 0.250. The Balaban J connectivity index is 2.28. The smallest absolute Gasteiger partial charge is 0.308 e. The molecule has 86 valence electrons. The molecule has 15 heavy (non-hydrogen) atoms. The molecule has 1 fully saturated rings. The first-order valence-corrected chi connectivity index (χ1v) is 5.23. The Kier molecular flexibility index (Phi) is 4.55. The maximum absolute atomic E-state index is 11.5. The second-order valence-electron chi connectivity index (χ2n) is 3.75. The molecule has 1 amide bonds. The fraction of sp³-hybridized carbons (Fsp3) is 0.800. The normalized spacial score (nSPS) is 22.3. The number of carbonyl (C=O) groups excluding carboxylic acids is 1. The van der Waals surface area contributed by atoms with Gasteiger partial charge in [0.05, 0.1) is 18.4 Å². The van der Waals surface area contributed by atoms with Gasteiger partial charge in [-0.2, -0.15) is 0 Å². The summed E-state index contributed by atoms with van der Waals surface area (Å²) < 4.78 is 5.08. The number of carbonyl (C=O) groups is 2. The summed E-state index contributed by atoms with van der Waals surface area (Å²) in [5.74, 6) is -1.54. The van der Waals surface area contributed by atoms with Gasteiger partial charge in [0.1, 0.15) is 0 Å². The van der Waals surface area contributed by atoms with Crippen LogP contribution in [0.1, 0.15) is 19.8 Å². The van der Waals surface area contributed by atoms with Crippen molar-refractivity contribution >= 4 is 11.9 Å². The Labute approximate surface area is 88.8 Å². The number of ether oxygens (including phenoxy) is 1. The van der Waals surface area contributed by atoms with Crippen LogP contribution in [0.15, 0.2) is 0 Å². The molecule has 0 saturated carbocycles. The van der Waals surface area contributed by atoms with E-state index in [1.165, 1.54) is 0 Å². The van der Waals surface area contributed by atoms with E-state index in [0.29, 0.717) is 19.6 Å². The molecule has 5 heteroatoms. The van der Waals surface area contributed by atoms with Gasteiger partial charge < -0.3 is 15.2 Å². The van der Waals surface area contributed by atoms with Crippen molar-refractivity contribution in [1.29, 1.82) is 0 Å². The van der Waals surface area contributed by atoms with E-state index in [1.54, 1.807) is 6.92 Å². The molecule has 2 unspecified atom stereocenters. The average Bonchev–Trinajstić information content (AvgIpc) is 2.70. The molecule has 1 aliphatic rings. The van der Waals surface area contributed by atoms with E-state index in [1.807, 2.05) is 0 Å². The molecule has 0 aliphatic carbocycles. The van der Waals surface area contributed by atoms with Gasteiger partial charge in [-0.05, 0) is 12.8 Å². The highest BCUT2D eigenvalue weighted by Crippen LogP contribution is 2.12. The zero-order valence-corrected chi connectivity index (χ0v) is 8.86. The van der Waals surface area contributed by atoms with Crippen LogP contribution in [0.2, 0.25) is 0 Å². The van der Waals surface area contributed by atoms with Crippen LogP contribution in [0.25, 0.3) is 0 Å². The third kappa shape index (κ3) is 3.51. The average molecular weight is 215 g/mol. The number of carboxylic acids is 1. The summed E-state index contributed by atoms with van der Waals surface area (Å²) in [5, 5.41) is 11.4. The SMILES string of the molecule is CCC(CNC(=O)C1CCOC1)C(=O)O. The monoisotopic (exact) mass is 215 g/mol. The van der Waals surface area contributed by atoms with Crippen molar-refractivity contribution in [3.05, 3.63) is 0 Å². The van der Waals surface area contributed by atoms with Crippen LogP contribution >= 0.6 is 0 Å². The van der Waals surface area contributed by atoms with Crippen LogP contribution in [-0.4, -0.2) is 36.7 Å². The van der Waals surface area contributed by atoms with E-state index in [0.717, 1.165) is 6.42 Å². The van der Waals surface area contributed by atoms with Crippen molar-refractivity contribution in [2.75, 3.05) is 19.8 Å². The Bertz CT molecular complexity index is 236. The largest absolute Gasteiger partial charge is 0.481 e. The number of aliphatic carboxylic acids is 1. The lowest BCUT2D eigenvalue weighted by Crippen LogP contribution is -2.36. The van der Waals surface area contributed by atoms with Crippen LogP contribution < -0.4 is 5.32 Å². The summed E-state index contributed by atoms with van der Waals surface area (Å²) >= 11 is 0. The van der Waals surface area contributed by atoms with Crippen LogP contribution in [0, 0.1) is 11.8 Å². The molecule has 5 nitrogen and oxygen atoms in total. The molecule has 0 spiro atoms. The standard InChI is InChI=1S/C10H17NO4/c1-2-7(10(13)14)5-11-9(12)8-3-4-15-6-8/h7-8H,2-6H2,1H3,(H,11,12)(H,13,14). The molecule has 1 heterocycles. The maximum atomic E-state index is 11.5. The quantitative estimate of drug-likeness (QED) is 0.689. The van der Waals surface area contributed by atoms with Crippen molar-refractivity contribution in [2.45, 2.75) is 19.8 Å². The fourth-order valence-electron chi connectivity index (χ4n) is 1.52. The van der Waals surface area contributed by atoms with Gasteiger partial charge >= 0.3 is 5.97 Å². The first-order valence-electron chi connectivity index (χ1n) is 5.23. The second-order valence-corrected chi connectivity index (χ2v) is 3.75. The van der Waals surface area contributed by atoms with Crippen molar-refractivity contribution in [3.63, 3.8) is 0 Å². The lowest BCUT2D eigenvalue weighted by Gasteiger charge is -2.13. The van der Waals surface area contributed by atoms with E-state index >= 15 is 0 Å². The van der Waals surface area contributed by atoms with E-state index in [-0.39, 0.29) is 18.4 Å². The predicted molar refractivity (Wildman–Crippen MR) is 53.4 cm³/mol. The topological polar surface area (TPSA) is 75.6 Å². The molecule has 0 bridgehead atoms. The number of carboxylic acid groups (broad SMARTS) is 1. The Morgan fingerprint density at radius 1 is 1.60 bits per heavy atom. The number of rotatable bonds is 5. The molecule has 0 radical (unpaired) electrons. The highest BCUT2D eigenvalue weighted by molar-refractivity contribution is 5.79. The highest BCUT2D eigenvalue weighted by Gasteiger charge is 2.24. The van der Waals surface area contributed by atoms with Crippen molar-refractivity contribution in [3.8, 4) is 0 Å². The molecule has 1 rings (SSSR count). The minimum Gasteiger partial charge on any atom is -0.481 e. The Morgan fingerprint density at radius 2 is 2.33 bits per heavy atom. The first-order chi connectivity index (χ1) is 7.15. The van der Waals surface area contributed by atoms with Gasteiger partial charge in [-0.25, -0.2) is 0 Å². The zero-order chi connectivity index (χ0) is 11.3. The van der Waals surface area contributed by atoms with Crippen LogP contribution in [0.5, 0.6) is 0 Å².